The van der Waals surface area contributed by atoms with Crippen LogP contribution in [0.2, 0.25) is 0 Å². The summed E-state index contributed by atoms with van der Waals surface area (Å²) < 4.78 is 37.9. The van der Waals surface area contributed by atoms with E-state index in [0.717, 1.165) is 248 Å². The summed E-state index contributed by atoms with van der Waals surface area (Å²) in [6.07, 6.45) is 29.1. The van der Waals surface area contributed by atoms with E-state index in [1.165, 1.54) is 41.5 Å². The molecule has 3 saturated heterocycles. The minimum atomic E-state index is -0.384. The van der Waals surface area contributed by atoms with Crippen molar-refractivity contribution in [2.24, 2.45) is 0 Å². The Labute approximate surface area is 839 Å². The lowest BCUT2D eigenvalue weighted by molar-refractivity contribution is 0.221. The van der Waals surface area contributed by atoms with Crippen molar-refractivity contribution in [3.63, 3.8) is 0 Å². The topological polar surface area (TPSA) is 351 Å². The number of rotatable bonds is 15. The van der Waals surface area contributed by atoms with E-state index in [2.05, 4.69) is 130 Å². The molecule has 146 heavy (non-hydrogen) atoms. The molecule has 3 N–H and O–H groups in total. The van der Waals surface area contributed by atoms with E-state index in [1.807, 2.05) is 244 Å². The van der Waals surface area contributed by atoms with Crippen molar-refractivity contribution in [2.75, 3.05) is 99.2 Å². The minimum Gasteiger partial charge on any atom is -0.422 e. The van der Waals surface area contributed by atoms with Gasteiger partial charge in [0.1, 0.15) is 27.9 Å². The lowest BCUT2D eigenvalue weighted by Crippen LogP contribution is -2.42. The smallest absolute Gasteiger partial charge is 0.345 e. The van der Waals surface area contributed by atoms with Crippen LogP contribution in [0.25, 0.3) is 151 Å². The molecule has 5 aliphatic rings. The van der Waals surface area contributed by atoms with Crippen molar-refractivity contribution >= 4 is 94.2 Å². The van der Waals surface area contributed by atoms with Crippen LogP contribution in [-0.2, 0) is 19.6 Å². The van der Waals surface area contributed by atoms with Gasteiger partial charge in [-0.25, -0.2) is 53.4 Å². The van der Waals surface area contributed by atoms with Crippen molar-refractivity contribution in [3.8, 4) is 56.3 Å². The SMILES string of the molecule is CCN1CCC(c2ccc3cc(-c4cn5cc(C)ncc5n4)c(=O)oc3c2)CC1.Cc1cn2cc(-c3cc4ccc(CN(C)C)cc4oc3=O)nc2c(C)n1.Cc1cn2cc(-c3cc4ccc(CN5CCCCC5)cc4oc3=O)nc2c(C)n1.Cc1cn2cc(-c3cc4ccc(CN5CCNCC5)cc4oc3=O)nc2c(C)n1.Cc1nc2ccc(-c3cc4ccc(C5=CCNCC5)cc4oc3=O)nn2c1C1=CCNCC1. The molecule has 3 fully saturated rings. The maximum Gasteiger partial charge on any atom is 0.345 e. The predicted molar refractivity (Wildman–Crippen MR) is 570 cm³/mol. The molecule has 0 bridgehead atoms. The zero-order valence-corrected chi connectivity index (χ0v) is 84.0. The first kappa shape index (κ1) is 96.6. The van der Waals surface area contributed by atoms with Gasteiger partial charge in [-0.3, -0.25) is 29.7 Å². The number of piperidine rings is 2. The molecule has 32 nitrogen and oxygen atoms in total. The van der Waals surface area contributed by atoms with Crippen LogP contribution < -0.4 is 44.1 Å². The highest BCUT2D eigenvalue weighted by atomic mass is 16.4. The first-order chi connectivity index (χ1) is 70.8. The molecule has 15 aromatic heterocycles. The molecule has 0 spiro atoms. The van der Waals surface area contributed by atoms with Crippen LogP contribution in [-0.4, -0.2) is 191 Å². The Kier molecular flexibility index (Phi) is 27.6. The fraction of sp³-hybridized carbons (Fsp3) is 0.307. The fourth-order valence-electron chi connectivity index (χ4n) is 20.5. The Morgan fingerprint density at radius 3 is 1.29 bits per heavy atom. The van der Waals surface area contributed by atoms with Gasteiger partial charge in [0.2, 0.25) is 0 Å². The number of nitrogens with one attached hydrogen (secondary N) is 3. The van der Waals surface area contributed by atoms with Crippen LogP contribution >= 0.6 is 0 Å². The van der Waals surface area contributed by atoms with E-state index < -0.39 is 0 Å². The molecule has 5 aliphatic heterocycles. The maximum atomic E-state index is 13.0. The van der Waals surface area contributed by atoms with E-state index in [9.17, 15) is 24.0 Å². The Balaban J connectivity index is 0.000000107. The summed E-state index contributed by atoms with van der Waals surface area (Å²) in [4.78, 5) is 114. The van der Waals surface area contributed by atoms with Crippen LogP contribution in [0.15, 0.2) is 247 Å². The summed E-state index contributed by atoms with van der Waals surface area (Å²) in [5.74, 6) is 0.529. The average Bonchev–Trinajstić information content (AvgIpc) is 1.60. The molecule has 25 rings (SSSR count). The second-order valence-corrected chi connectivity index (χ2v) is 39.0. The molecule has 0 aliphatic carbocycles. The fourth-order valence-corrected chi connectivity index (χ4v) is 20.5. The maximum absolute atomic E-state index is 13.0. The molecule has 0 unspecified atom stereocenters. The van der Waals surface area contributed by atoms with Crippen molar-refractivity contribution in [1.82, 2.24) is 108 Å². The Morgan fingerprint density at radius 1 is 0.370 bits per heavy atom. The number of fused-ring (bicyclic) bond motifs is 10. The monoisotopic (exact) mass is 1950 g/mol. The molecule has 20 heterocycles. The van der Waals surface area contributed by atoms with Gasteiger partial charge in [-0.2, -0.15) is 5.10 Å². The number of piperazine rings is 1. The molecule has 20 aromatic rings. The summed E-state index contributed by atoms with van der Waals surface area (Å²) >= 11 is 0. The van der Waals surface area contributed by atoms with Crippen LogP contribution in [0.5, 0.6) is 0 Å². The first-order valence-electron chi connectivity index (χ1n) is 50.2. The summed E-state index contributed by atoms with van der Waals surface area (Å²) in [6.45, 7) is 33.6. The van der Waals surface area contributed by atoms with Crippen molar-refractivity contribution in [2.45, 2.75) is 133 Å². The van der Waals surface area contributed by atoms with Gasteiger partial charge in [-0.1, -0.05) is 86.2 Å². The van der Waals surface area contributed by atoms with Gasteiger partial charge in [0.05, 0.1) is 114 Å². The number of hydrogen-bond acceptors (Lipinski definition) is 27. The largest absolute Gasteiger partial charge is 0.422 e. The first-order valence-corrected chi connectivity index (χ1v) is 50.2. The molecule has 0 atom stereocenters. The molecule has 0 amide bonds. The number of imidazole rings is 5. The van der Waals surface area contributed by atoms with Gasteiger partial charge >= 0.3 is 28.1 Å². The Bertz CT molecular complexity index is 8630. The van der Waals surface area contributed by atoms with E-state index in [0.29, 0.717) is 95.8 Å². The zero-order chi connectivity index (χ0) is 101. The van der Waals surface area contributed by atoms with Crippen LogP contribution in [0.3, 0.4) is 0 Å². The third-order valence-electron chi connectivity index (χ3n) is 27.9. The van der Waals surface area contributed by atoms with E-state index in [1.54, 1.807) is 6.20 Å². The number of benzene rings is 5. The molecule has 5 aromatic carbocycles. The quantitative estimate of drug-likeness (QED) is 0.0803. The summed E-state index contributed by atoms with van der Waals surface area (Å²) in [6, 6.07) is 43.7. The molecule has 742 valence electrons. The van der Waals surface area contributed by atoms with E-state index in [-0.39, 0.29) is 28.1 Å². The number of aryl methyl sites for hydroxylation is 8. The molecular formula is C114H116N22O10. The number of hydrogen-bond donors (Lipinski definition) is 3. The standard InChI is InChI=1S/C26H25N5O2.2C23H24N4O2.C22H23N5O2.C20H20N4O2/c1-16-25(18-8-12-28-13-9-18)31-24(29-16)5-4-22(30-31)21-14-20-3-2-19(15-23(20)33-26(21)32)17-6-10-27-11-7-17;1-15-12-27-14-20(25-22(27)16(2)24-15)19-11-18-7-6-17(10-21(18)29-23(19)28)13-26-8-4-3-5-9-26;1-3-26-8-6-16(7-9-26)17-4-5-18-10-19(23(28)29-21(18)11-17)20-14-27-13-15(2)24-12-22(27)25-20;1-14-11-27-13-19(25-21(27)15(2)24-14)18-10-17-4-3-16(9-20(17)29-22(18)28)12-26-7-5-23-6-8-26;1-12-9-24-11-17(22-19(24)13(2)21-12)16-8-15-6-5-14(10-23(3)4)7-18(15)26-20(16)25/h2-6,8,14-15,27-28H,7,9-13H2,1H3;6-7,10-12,14H,3-5,8-9,13H2,1-2H3;4-5,10-14,16H,3,6-9H2,1-2H3;3-4,9-11,13,23H,5-8,12H2,1-2H3;5-9,11H,10H2,1-4H3. The lowest BCUT2D eigenvalue weighted by Gasteiger charge is -2.31. The van der Waals surface area contributed by atoms with E-state index >= 15 is 0 Å². The molecule has 0 saturated carbocycles. The predicted octanol–water partition coefficient (Wildman–Crippen LogP) is 17.4. The van der Waals surface area contributed by atoms with Crippen LogP contribution in [0.1, 0.15) is 137 Å². The summed E-state index contributed by atoms with van der Waals surface area (Å²) in [5, 5.41) is 19.3. The average molecular weight is 1950 g/mol. The summed E-state index contributed by atoms with van der Waals surface area (Å²) in [5.41, 5.74) is 26.6. The highest BCUT2D eigenvalue weighted by molar-refractivity contribution is 5.88. The van der Waals surface area contributed by atoms with Gasteiger partial charge in [0.25, 0.3) is 0 Å². The zero-order valence-electron chi connectivity index (χ0n) is 84.0. The molecule has 0 radical (unpaired) electrons. The Hall–Kier alpha value is -15.6. The van der Waals surface area contributed by atoms with Crippen molar-refractivity contribution in [3.05, 3.63) is 333 Å². The minimum absolute atomic E-state index is 0.358. The van der Waals surface area contributed by atoms with Crippen LogP contribution in [0.4, 0.5) is 0 Å². The molecule has 32 heteroatoms. The Morgan fingerprint density at radius 2 is 0.801 bits per heavy atom. The molecular weight excluding hydrogens is 1840 g/mol. The van der Waals surface area contributed by atoms with Gasteiger partial charge in [-0.05, 0) is 272 Å². The second kappa shape index (κ2) is 41.7. The lowest BCUT2D eigenvalue weighted by atomic mass is 9.89. The highest BCUT2D eigenvalue weighted by Crippen LogP contribution is 2.36. The third-order valence-corrected chi connectivity index (χ3v) is 27.9. The number of nitrogens with zero attached hydrogens (tertiary/aromatic N) is 19. The number of likely N-dealkylation sites (tertiary alicyclic amines) is 2. The second-order valence-electron chi connectivity index (χ2n) is 39.0. The third kappa shape index (κ3) is 21.0. The van der Waals surface area contributed by atoms with Gasteiger partial charge < -0.3 is 65.4 Å². The normalized spacial score (nSPS) is 15.2. The van der Waals surface area contributed by atoms with Gasteiger partial charge in [0.15, 0.2) is 28.2 Å². The van der Waals surface area contributed by atoms with Crippen molar-refractivity contribution < 1.29 is 22.1 Å². The van der Waals surface area contributed by atoms with Crippen LogP contribution in [0, 0.1) is 55.4 Å². The number of aromatic nitrogens is 15. The van der Waals surface area contributed by atoms with E-state index in [4.69, 9.17) is 27.2 Å². The van der Waals surface area contributed by atoms with Crippen molar-refractivity contribution in [1.29, 1.82) is 0 Å². The van der Waals surface area contributed by atoms with Gasteiger partial charge in [0, 0.05) is 135 Å². The van der Waals surface area contributed by atoms with Gasteiger partial charge in [-0.15, -0.1) is 0 Å². The highest BCUT2D eigenvalue weighted by Gasteiger charge is 2.26. The summed E-state index contributed by atoms with van der Waals surface area (Å²) in [7, 11) is 4.01.